The smallest absolute Gasteiger partial charge is 0.232 e. The van der Waals surface area contributed by atoms with Gasteiger partial charge < -0.3 is 19.4 Å². The maximum absolute atomic E-state index is 12.5. The molecule has 1 aromatic heterocycles. The SMILES string of the molecule is COc1cc2nc(NC(=O)[C@H]3CC(=O)N(C(C)C)C3)[nH]c2cc1OC. The predicted octanol–water partition coefficient (Wildman–Crippen LogP) is 1.78. The topological polar surface area (TPSA) is 96.5 Å². The van der Waals surface area contributed by atoms with Gasteiger partial charge in [-0.25, -0.2) is 4.98 Å². The second-order valence-electron chi connectivity index (χ2n) is 6.34. The first kappa shape index (κ1) is 17.1. The Morgan fingerprint density at radius 2 is 2.00 bits per heavy atom. The molecular weight excluding hydrogens is 324 g/mol. The largest absolute Gasteiger partial charge is 0.493 e. The van der Waals surface area contributed by atoms with Crippen molar-refractivity contribution in [1.82, 2.24) is 14.9 Å². The van der Waals surface area contributed by atoms with E-state index in [1.807, 2.05) is 13.8 Å². The third kappa shape index (κ3) is 3.24. The average Bonchev–Trinajstić information content (AvgIpc) is 3.15. The highest BCUT2D eigenvalue weighted by Crippen LogP contribution is 2.31. The van der Waals surface area contributed by atoms with Crippen LogP contribution in [0.25, 0.3) is 11.0 Å². The number of hydrogen-bond donors (Lipinski definition) is 2. The molecule has 3 rings (SSSR count). The molecule has 0 radical (unpaired) electrons. The number of carbonyl (C=O) groups excluding carboxylic acids is 2. The Hall–Kier alpha value is -2.77. The number of likely N-dealkylation sites (tertiary alicyclic amines) is 1. The van der Waals surface area contributed by atoms with Crippen molar-refractivity contribution in [3.63, 3.8) is 0 Å². The molecule has 8 nitrogen and oxygen atoms in total. The van der Waals surface area contributed by atoms with Crippen LogP contribution in [0.2, 0.25) is 0 Å². The Balaban J connectivity index is 1.77. The van der Waals surface area contributed by atoms with Crippen LogP contribution in [0.3, 0.4) is 0 Å². The molecule has 134 valence electrons. The standard InChI is InChI=1S/C17H22N4O4/c1-9(2)21-8-10(5-15(21)22)16(23)20-17-18-11-6-13(24-3)14(25-4)7-12(11)19-17/h6-7,9-10H,5,8H2,1-4H3,(H2,18,19,20,23)/t10-/m0/s1. The summed E-state index contributed by atoms with van der Waals surface area (Å²) in [5.41, 5.74) is 1.37. The number of carbonyl (C=O) groups is 2. The minimum Gasteiger partial charge on any atom is -0.493 e. The first-order valence-corrected chi connectivity index (χ1v) is 8.15. The van der Waals surface area contributed by atoms with E-state index >= 15 is 0 Å². The average molecular weight is 346 g/mol. The number of nitrogens with one attached hydrogen (secondary N) is 2. The maximum atomic E-state index is 12.5. The van der Waals surface area contributed by atoms with Crippen molar-refractivity contribution in [2.75, 3.05) is 26.1 Å². The zero-order valence-electron chi connectivity index (χ0n) is 14.8. The molecule has 2 aromatic rings. The molecule has 1 atom stereocenters. The molecule has 1 aliphatic rings. The lowest BCUT2D eigenvalue weighted by atomic mass is 10.1. The second kappa shape index (κ2) is 6.62. The van der Waals surface area contributed by atoms with E-state index in [1.165, 1.54) is 0 Å². The van der Waals surface area contributed by atoms with Crippen LogP contribution in [-0.2, 0) is 9.59 Å². The molecule has 1 saturated heterocycles. The van der Waals surface area contributed by atoms with E-state index in [-0.39, 0.29) is 30.2 Å². The van der Waals surface area contributed by atoms with Crippen molar-refractivity contribution < 1.29 is 19.1 Å². The summed E-state index contributed by atoms with van der Waals surface area (Å²) in [7, 11) is 3.11. The number of ether oxygens (including phenoxy) is 2. The van der Waals surface area contributed by atoms with E-state index in [2.05, 4.69) is 15.3 Å². The van der Waals surface area contributed by atoms with E-state index in [0.717, 1.165) is 5.52 Å². The minimum absolute atomic E-state index is 0.00855. The Morgan fingerprint density at radius 1 is 1.32 bits per heavy atom. The number of aromatic nitrogens is 2. The Morgan fingerprint density at radius 3 is 2.60 bits per heavy atom. The van der Waals surface area contributed by atoms with Gasteiger partial charge in [0.05, 0.1) is 31.2 Å². The lowest BCUT2D eigenvalue weighted by molar-refractivity contribution is -0.129. The first-order chi connectivity index (χ1) is 11.9. The van der Waals surface area contributed by atoms with Crippen LogP contribution in [0.1, 0.15) is 20.3 Å². The monoisotopic (exact) mass is 346 g/mol. The minimum atomic E-state index is -0.368. The van der Waals surface area contributed by atoms with Gasteiger partial charge in [0.25, 0.3) is 0 Å². The summed E-state index contributed by atoms with van der Waals surface area (Å²) in [6, 6.07) is 3.59. The molecule has 2 N–H and O–H groups in total. The number of benzene rings is 1. The highest BCUT2D eigenvalue weighted by molar-refractivity contribution is 5.97. The van der Waals surface area contributed by atoms with E-state index < -0.39 is 0 Å². The van der Waals surface area contributed by atoms with E-state index in [9.17, 15) is 9.59 Å². The van der Waals surface area contributed by atoms with Crippen LogP contribution >= 0.6 is 0 Å². The van der Waals surface area contributed by atoms with Crippen molar-refractivity contribution in [3.05, 3.63) is 12.1 Å². The molecule has 1 fully saturated rings. The molecular formula is C17H22N4O4. The van der Waals surface area contributed by atoms with Gasteiger partial charge in [-0.05, 0) is 13.8 Å². The molecule has 2 heterocycles. The Labute approximate surface area is 145 Å². The maximum Gasteiger partial charge on any atom is 0.232 e. The molecule has 0 bridgehead atoms. The fraction of sp³-hybridized carbons (Fsp3) is 0.471. The molecule has 25 heavy (non-hydrogen) atoms. The molecule has 0 unspecified atom stereocenters. The summed E-state index contributed by atoms with van der Waals surface area (Å²) < 4.78 is 10.5. The molecule has 8 heteroatoms. The number of H-pyrrole nitrogens is 1. The van der Waals surface area contributed by atoms with Crippen LogP contribution in [0.4, 0.5) is 5.95 Å². The predicted molar refractivity (Wildman–Crippen MR) is 92.8 cm³/mol. The normalized spacial score (nSPS) is 17.4. The van der Waals surface area contributed by atoms with Crippen LogP contribution in [0.15, 0.2) is 12.1 Å². The van der Waals surface area contributed by atoms with Crippen molar-refractivity contribution in [1.29, 1.82) is 0 Å². The molecule has 1 aromatic carbocycles. The molecule has 0 aliphatic carbocycles. The molecule has 1 aliphatic heterocycles. The van der Waals surface area contributed by atoms with Crippen LogP contribution < -0.4 is 14.8 Å². The summed E-state index contributed by atoms with van der Waals surface area (Å²) >= 11 is 0. The van der Waals surface area contributed by atoms with Gasteiger partial charge in [-0.2, -0.15) is 0 Å². The van der Waals surface area contributed by atoms with Gasteiger partial charge in [0.2, 0.25) is 17.8 Å². The number of amides is 2. The number of hydrogen-bond acceptors (Lipinski definition) is 5. The fourth-order valence-corrected chi connectivity index (χ4v) is 3.02. The van der Waals surface area contributed by atoms with Crippen molar-refractivity contribution in [2.45, 2.75) is 26.3 Å². The number of aromatic amines is 1. The lowest BCUT2D eigenvalue weighted by Gasteiger charge is -2.20. The first-order valence-electron chi connectivity index (χ1n) is 8.15. The van der Waals surface area contributed by atoms with E-state index in [4.69, 9.17) is 9.47 Å². The highest BCUT2D eigenvalue weighted by Gasteiger charge is 2.35. The quantitative estimate of drug-likeness (QED) is 0.860. The van der Waals surface area contributed by atoms with E-state index in [1.54, 1.807) is 31.3 Å². The number of methoxy groups -OCH3 is 2. The van der Waals surface area contributed by atoms with Crippen molar-refractivity contribution >= 4 is 28.8 Å². The number of rotatable bonds is 5. The third-order valence-electron chi connectivity index (χ3n) is 4.38. The van der Waals surface area contributed by atoms with Crippen LogP contribution in [0, 0.1) is 5.92 Å². The second-order valence-corrected chi connectivity index (χ2v) is 6.34. The third-order valence-corrected chi connectivity index (χ3v) is 4.38. The highest BCUT2D eigenvalue weighted by atomic mass is 16.5. The summed E-state index contributed by atoms with van der Waals surface area (Å²) in [4.78, 5) is 33.5. The van der Waals surface area contributed by atoms with Gasteiger partial charge in [-0.15, -0.1) is 0 Å². The van der Waals surface area contributed by atoms with Crippen LogP contribution in [0.5, 0.6) is 11.5 Å². The van der Waals surface area contributed by atoms with Gasteiger partial charge in [-0.3, -0.25) is 14.9 Å². The molecule has 0 saturated carbocycles. The molecule has 2 amide bonds. The van der Waals surface area contributed by atoms with Gasteiger partial charge in [-0.1, -0.05) is 0 Å². The summed E-state index contributed by atoms with van der Waals surface area (Å²) in [6.45, 7) is 4.32. The lowest BCUT2D eigenvalue weighted by Crippen LogP contribution is -2.33. The van der Waals surface area contributed by atoms with Crippen molar-refractivity contribution in [3.8, 4) is 11.5 Å². The summed E-state index contributed by atoms with van der Waals surface area (Å²) in [5.74, 6) is 0.903. The summed E-state index contributed by atoms with van der Waals surface area (Å²) in [5, 5.41) is 2.76. The summed E-state index contributed by atoms with van der Waals surface area (Å²) in [6.07, 6.45) is 0.228. The zero-order chi connectivity index (χ0) is 18.1. The van der Waals surface area contributed by atoms with Crippen molar-refractivity contribution in [2.24, 2.45) is 5.92 Å². The fourth-order valence-electron chi connectivity index (χ4n) is 3.02. The number of nitrogens with zero attached hydrogens (tertiary/aromatic N) is 2. The molecule has 0 spiro atoms. The van der Waals surface area contributed by atoms with Gasteiger partial charge in [0.1, 0.15) is 0 Å². The Kier molecular flexibility index (Phi) is 4.52. The number of fused-ring (bicyclic) bond motifs is 1. The van der Waals surface area contributed by atoms with Gasteiger partial charge in [0.15, 0.2) is 11.5 Å². The number of anilines is 1. The van der Waals surface area contributed by atoms with Gasteiger partial charge >= 0.3 is 0 Å². The Bertz CT molecular complexity index is 773. The van der Waals surface area contributed by atoms with Crippen LogP contribution in [-0.4, -0.2) is 53.5 Å². The van der Waals surface area contributed by atoms with Gasteiger partial charge in [0, 0.05) is 31.1 Å². The zero-order valence-corrected chi connectivity index (χ0v) is 14.8. The van der Waals surface area contributed by atoms with E-state index in [0.29, 0.717) is 29.5 Å². The number of imidazole rings is 1.